The molecule has 1 atom stereocenters. The summed E-state index contributed by atoms with van der Waals surface area (Å²) in [6.07, 6.45) is 0. The molecule has 0 amide bonds. The number of rotatable bonds is 1. The predicted octanol–water partition coefficient (Wildman–Crippen LogP) is -1.15. The van der Waals surface area contributed by atoms with Crippen LogP contribution in [0.4, 0.5) is 0 Å². The van der Waals surface area contributed by atoms with Crippen LogP contribution in [-0.4, -0.2) is 25.3 Å². The van der Waals surface area contributed by atoms with Crippen LogP contribution in [0.1, 0.15) is 6.92 Å². The van der Waals surface area contributed by atoms with E-state index in [0.29, 0.717) is 6.54 Å². The van der Waals surface area contributed by atoms with E-state index in [9.17, 15) is 0 Å². The first-order chi connectivity index (χ1) is 3.77. The molecule has 1 aliphatic heterocycles. The fraction of sp³-hybridized carbons (Fsp3) is 1.00. The first kappa shape index (κ1) is 6.01. The molecular weight excluding hydrogens is 102 g/mol. The lowest BCUT2D eigenvalue weighted by molar-refractivity contribution is 0.451. The van der Waals surface area contributed by atoms with Gasteiger partial charge in [-0.15, -0.1) is 0 Å². The third kappa shape index (κ3) is 0.992. The molecule has 3 heteroatoms. The van der Waals surface area contributed by atoms with Crippen molar-refractivity contribution in [1.29, 1.82) is 0 Å². The highest BCUT2D eigenvalue weighted by Crippen LogP contribution is 2.01. The van der Waals surface area contributed by atoms with E-state index in [0.717, 1.165) is 13.2 Å². The molecule has 48 valence electrons. The minimum absolute atomic E-state index is 0.153. The van der Waals surface area contributed by atoms with Gasteiger partial charge in [-0.25, -0.2) is 0 Å². The Hall–Kier alpha value is -0.120. The van der Waals surface area contributed by atoms with Crippen LogP contribution >= 0.6 is 0 Å². The van der Waals surface area contributed by atoms with Gasteiger partial charge in [0.1, 0.15) is 0 Å². The Bertz CT molecular complexity index is 75.7. The van der Waals surface area contributed by atoms with E-state index in [2.05, 4.69) is 17.6 Å². The van der Waals surface area contributed by atoms with E-state index in [-0.39, 0.29) is 5.54 Å². The van der Waals surface area contributed by atoms with Gasteiger partial charge in [-0.2, -0.15) is 0 Å². The molecule has 0 aromatic rings. The van der Waals surface area contributed by atoms with Crippen molar-refractivity contribution in [2.45, 2.75) is 12.5 Å². The summed E-state index contributed by atoms with van der Waals surface area (Å²) in [5.41, 5.74) is 5.62. The minimum Gasteiger partial charge on any atom is -0.329 e. The predicted molar refractivity (Wildman–Crippen MR) is 33.5 cm³/mol. The second-order valence-electron chi connectivity index (χ2n) is 2.55. The van der Waals surface area contributed by atoms with E-state index in [1.807, 2.05) is 0 Å². The summed E-state index contributed by atoms with van der Waals surface area (Å²) < 4.78 is 0. The summed E-state index contributed by atoms with van der Waals surface area (Å²) in [4.78, 5) is 0. The molecule has 1 unspecified atom stereocenters. The zero-order valence-electron chi connectivity index (χ0n) is 5.20. The van der Waals surface area contributed by atoms with Crippen molar-refractivity contribution in [1.82, 2.24) is 10.6 Å². The van der Waals surface area contributed by atoms with Crippen molar-refractivity contribution in [3.8, 4) is 0 Å². The summed E-state index contributed by atoms with van der Waals surface area (Å²) >= 11 is 0. The van der Waals surface area contributed by atoms with Gasteiger partial charge < -0.3 is 11.1 Å². The Kier molecular flexibility index (Phi) is 1.51. The maximum absolute atomic E-state index is 5.47. The van der Waals surface area contributed by atoms with Crippen molar-refractivity contribution in [2.24, 2.45) is 5.73 Å². The fourth-order valence-corrected chi connectivity index (χ4v) is 0.821. The average Bonchev–Trinajstić information content (AvgIpc) is 2.17. The molecule has 1 aliphatic rings. The van der Waals surface area contributed by atoms with Crippen molar-refractivity contribution >= 4 is 0 Å². The third-order valence-electron chi connectivity index (χ3n) is 1.61. The van der Waals surface area contributed by atoms with Gasteiger partial charge in [0, 0.05) is 25.3 Å². The van der Waals surface area contributed by atoms with Crippen molar-refractivity contribution in [3.63, 3.8) is 0 Å². The number of hydrogen-bond acceptors (Lipinski definition) is 3. The topological polar surface area (TPSA) is 50.1 Å². The molecule has 0 bridgehead atoms. The van der Waals surface area contributed by atoms with Gasteiger partial charge in [0.05, 0.1) is 0 Å². The lowest BCUT2D eigenvalue weighted by atomic mass is 10.1. The number of hydrogen-bond donors (Lipinski definition) is 3. The standard InChI is InChI=1S/C5H13N3/c1-5(2-6)3-7-4-8-5/h7-8H,2-4,6H2,1H3. The molecule has 4 N–H and O–H groups in total. The zero-order valence-corrected chi connectivity index (χ0v) is 5.20. The van der Waals surface area contributed by atoms with Gasteiger partial charge in [0.25, 0.3) is 0 Å². The van der Waals surface area contributed by atoms with E-state index in [1.165, 1.54) is 0 Å². The van der Waals surface area contributed by atoms with Crippen LogP contribution < -0.4 is 16.4 Å². The normalized spacial score (nSPS) is 38.2. The Morgan fingerprint density at radius 3 is 2.75 bits per heavy atom. The summed E-state index contributed by atoms with van der Waals surface area (Å²) in [6.45, 7) is 4.71. The largest absolute Gasteiger partial charge is 0.329 e. The van der Waals surface area contributed by atoms with Crippen molar-refractivity contribution < 1.29 is 0 Å². The molecule has 3 nitrogen and oxygen atoms in total. The van der Waals surface area contributed by atoms with Crippen LogP contribution in [0.25, 0.3) is 0 Å². The van der Waals surface area contributed by atoms with Gasteiger partial charge in [-0.3, -0.25) is 5.32 Å². The van der Waals surface area contributed by atoms with Gasteiger partial charge in [-0.05, 0) is 6.92 Å². The lowest BCUT2D eigenvalue weighted by Gasteiger charge is -2.19. The quantitative estimate of drug-likeness (QED) is 0.404. The number of nitrogens with one attached hydrogen (secondary N) is 2. The van der Waals surface area contributed by atoms with E-state index < -0.39 is 0 Å². The summed E-state index contributed by atoms with van der Waals surface area (Å²) in [5, 5.41) is 6.42. The average molecular weight is 115 g/mol. The second kappa shape index (κ2) is 2.01. The molecule has 1 saturated heterocycles. The molecule has 0 aliphatic carbocycles. The van der Waals surface area contributed by atoms with Crippen LogP contribution in [-0.2, 0) is 0 Å². The zero-order chi connectivity index (χ0) is 6.04. The highest BCUT2D eigenvalue weighted by Gasteiger charge is 2.24. The second-order valence-corrected chi connectivity index (χ2v) is 2.55. The van der Waals surface area contributed by atoms with Gasteiger partial charge in [-0.1, -0.05) is 0 Å². The van der Waals surface area contributed by atoms with E-state index >= 15 is 0 Å². The molecule has 8 heavy (non-hydrogen) atoms. The van der Waals surface area contributed by atoms with Crippen LogP contribution in [0.5, 0.6) is 0 Å². The molecule has 0 spiro atoms. The highest BCUT2D eigenvalue weighted by atomic mass is 15.2. The van der Waals surface area contributed by atoms with E-state index in [4.69, 9.17) is 5.73 Å². The summed E-state index contributed by atoms with van der Waals surface area (Å²) in [6, 6.07) is 0. The maximum atomic E-state index is 5.47. The third-order valence-corrected chi connectivity index (χ3v) is 1.61. The molecule has 1 rings (SSSR count). The molecule has 0 aromatic heterocycles. The Labute approximate surface area is 49.6 Å². The minimum atomic E-state index is 0.153. The fourth-order valence-electron chi connectivity index (χ4n) is 0.821. The first-order valence-electron chi connectivity index (χ1n) is 2.93. The molecule has 1 heterocycles. The monoisotopic (exact) mass is 115 g/mol. The van der Waals surface area contributed by atoms with Crippen LogP contribution in [0.3, 0.4) is 0 Å². The van der Waals surface area contributed by atoms with Crippen LogP contribution in [0.2, 0.25) is 0 Å². The summed E-state index contributed by atoms with van der Waals surface area (Å²) in [5.74, 6) is 0. The van der Waals surface area contributed by atoms with Crippen molar-refractivity contribution in [3.05, 3.63) is 0 Å². The molecule has 0 saturated carbocycles. The highest BCUT2D eigenvalue weighted by molar-refractivity contribution is 4.90. The van der Waals surface area contributed by atoms with Crippen LogP contribution in [0, 0.1) is 0 Å². The summed E-state index contributed by atoms with van der Waals surface area (Å²) in [7, 11) is 0. The first-order valence-corrected chi connectivity index (χ1v) is 2.93. The van der Waals surface area contributed by atoms with Gasteiger partial charge >= 0.3 is 0 Å². The number of nitrogens with two attached hydrogens (primary N) is 1. The van der Waals surface area contributed by atoms with Crippen LogP contribution in [0.15, 0.2) is 0 Å². The lowest BCUT2D eigenvalue weighted by Crippen LogP contribution is -2.46. The molecule has 1 fully saturated rings. The smallest absolute Gasteiger partial charge is 0.0460 e. The maximum Gasteiger partial charge on any atom is 0.0460 e. The molecule has 0 aromatic carbocycles. The Morgan fingerprint density at radius 2 is 2.50 bits per heavy atom. The van der Waals surface area contributed by atoms with Gasteiger partial charge in [0.15, 0.2) is 0 Å². The van der Waals surface area contributed by atoms with Crippen molar-refractivity contribution in [2.75, 3.05) is 19.8 Å². The Balaban J connectivity index is 2.40. The van der Waals surface area contributed by atoms with Gasteiger partial charge in [0.2, 0.25) is 0 Å². The van der Waals surface area contributed by atoms with E-state index in [1.54, 1.807) is 0 Å². The molecule has 0 radical (unpaired) electrons. The molecular formula is C5H13N3. The Morgan fingerprint density at radius 1 is 1.75 bits per heavy atom. The SMILES string of the molecule is CC1(CN)CNCN1.